The van der Waals surface area contributed by atoms with E-state index in [-0.39, 0.29) is 41.6 Å². The number of nitrogens with two attached hydrogens (primary N) is 2. The zero-order valence-corrected chi connectivity index (χ0v) is 21.5. The van der Waals surface area contributed by atoms with E-state index in [4.69, 9.17) is 26.2 Å². The number of fused-ring (bicyclic) bond motifs is 1. The van der Waals surface area contributed by atoms with E-state index in [1.54, 1.807) is 18.2 Å². The highest BCUT2D eigenvalue weighted by Crippen LogP contribution is 2.51. The Hall–Kier alpha value is -2.60. The monoisotopic (exact) mass is 558 g/mol. The Kier molecular flexibility index (Phi) is 8.71. The molecule has 0 spiro atoms. The van der Waals surface area contributed by atoms with Gasteiger partial charge in [0.05, 0.1) is 5.56 Å². The average Bonchev–Trinajstić information content (AvgIpc) is 3.15. The molecule has 0 amide bonds. The summed E-state index contributed by atoms with van der Waals surface area (Å²) >= 11 is 0.856. The van der Waals surface area contributed by atoms with Gasteiger partial charge in [-0.05, 0) is 36.2 Å². The minimum atomic E-state index is -5.15. The van der Waals surface area contributed by atoms with E-state index in [0.29, 0.717) is 33.2 Å². The van der Waals surface area contributed by atoms with Crippen LogP contribution in [0.5, 0.6) is 11.5 Å². The number of nitriles is 1. The second-order valence-corrected chi connectivity index (χ2v) is 12.2. The van der Waals surface area contributed by atoms with E-state index in [2.05, 4.69) is 0 Å². The minimum Gasteiger partial charge on any atom is -0.488 e. The lowest BCUT2D eigenvalue weighted by Crippen LogP contribution is -2.28. The molecule has 1 heterocycles. The number of rotatable bonds is 11. The molecule has 36 heavy (non-hydrogen) atoms. The minimum absolute atomic E-state index is 0.186. The lowest BCUT2D eigenvalue weighted by atomic mass is 10.1. The van der Waals surface area contributed by atoms with Crippen molar-refractivity contribution in [3.8, 4) is 17.6 Å². The zero-order valence-electron chi connectivity index (χ0n) is 19.0. The van der Waals surface area contributed by atoms with Gasteiger partial charge in [-0.25, -0.2) is 12.8 Å². The third kappa shape index (κ3) is 6.03. The van der Waals surface area contributed by atoms with Gasteiger partial charge in [0, 0.05) is 29.2 Å². The van der Waals surface area contributed by atoms with Crippen molar-refractivity contribution in [1.29, 1.82) is 5.26 Å². The van der Waals surface area contributed by atoms with Crippen molar-refractivity contribution in [3.63, 3.8) is 0 Å². The predicted octanol–water partition coefficient (Wildman–Crippen LogP) is 2.05. The van der Waals surface area contributed by atoms with Crippen molar-refractivity contribution in [3.05, 3.63) is 52.8 Å². The summed E-state index contributed by atoms with van der Waals surface area (Å²) in [5.74, 6) is -2.46. The molecule has 3 rings (SSSR count). The normalized spacial score (nSPS) is 12.9. The van der Waals surface area contributed by atoms with E-state index >= 15 is 0 Å². The second kappa shape index (κ2) is 11.2. The molecule has 194 valence electrons. The molecule has 0 bridgehead atoms. The Labute approximate surface area is 210 Å². The number of hydrogen-bond acceptors (Lipinski definition) is 9. The SMILES string of the molecule is Cc1c(S(=O)(=O)NC(c2ccc(C#N)c(F)c2)P(=O)(O)O)sc2cc(OCCN)c(OCCN)cc12. The van der Waals surface area contributed by atoms with Crippen LogP contribution in [0.3, 0.4) is 0 Å². The van der Waals surface area contributed by atoms with Crippen molar-refractivity contribution in [2.45, 2.75) is 16.9 Å². The molecule has 1 atom stereocenters. The lowest BCUT2D eigenvalue weighted by Gasteiger charge is -2.20. The summed E-state index contributed by atoms with van der Waals surface area (Å²) in [5.41, 5.74) is 10.6. The summed E-state index contributed by atoms with van der Waals surface area (Å²) in [6.07, 6.45) is 0. The molecule has 0 aliphatic rings. The molecule has 15 heteroatoms. The predicted molar refractivity (Wildman–Crippen MR) is 132 cm³/mol. The van der Waals surface area contributed by atoms with Crippen LogP contribution in [-0.4, -0.2) is 44.5 Å². The third-order valence-electron chi connectivity index (χ3n) is 4.99. The van der Waals surface area contributed by atoms with Gasteiger partial charge in [-0.2, -0.15) is 9.98 Å². The summed E-state index contributed by atoms with van der Waals surface area (Å²) in [6.45, 7) is 2.38. The van der Waals surface area contributed by atoms with Crippen molar-refractivity contribution < 1.29 is 36.6 Å². The van der Waals surface area contributed by atoms with Crippen LogP contribution in [0.25, 0.3) is 10.1 Å². The Morgan fingerprint density at radius 2 is 1.78 bits per heavy atom. The van der Waals surface area contributed by atoms with Gasteiger partial charge >= 0.3 is 7.60 Å². The van der Waals surface area contributed by atoms with Crippen LogP contribution in [-0.2, 0) is 14.6 Å². The smallest absolute Gasteiger partial charge is 0.347 e. The van der Waals surface area contributed by atoms with Crippen LogP contribution in [0.15, 0.2) is 34.5 Å². The number of hydrogen-bond donors (Lipinski definition) is 5. The Bertz CT molecular complexity index is 1470. The highest BCUT2D eigenvalue weighted by Gasteiger charge is 2.36. The highest BCUT2D eigenvalue weighted by atomic mass is 32.2. The van der Waals surface area contributed by atoms with E-state index in [1.807, 2.05) is 4.72 Å². The molecule has 0 saturated carbocycles. The molecule has 0 aliphatic heterocycles. The van der Waals surface area contributed by atoms with E-state index in [0.717, 1.165) is 23.5 Å². The molecule has 1 aromatic heterocycles. The largest absolute Gasteiger partial charge is 0.488 e. The number of sulfonamides is 1. The number of benzene rings is 2. The first-order valence-electron chi connectivity index (χ1n) is 10.4. The summed E-state index contributed by atoms with van der Waals surface area (Å²) in [5, 5.41) is 9.41. The zero-order chi connectivity index (χ0) is 26.7. The van der Waals surface area contributed by atoms with E-state index in [9.17, 15) is 27.2 Å². The number of ether oxygens (including phenoxy) is 2. The van der Waals surface area contributed by atoms with E-state index < -0.39 is 29.2 Å². The van der Waals surface area contributed by atoms with Gasteiger partial charge in [0.1, 0.15) is 35.1 Å². The first-order chi connectivity index (χ1) is 16.9. The number of thiophene rings is 1. The maximum absolute atomic E-state index is 14.1. The van der Waals surface area contributed by atoms with Gasteiger partial charge in [-0.1, -0.05) is 6.07 Å². The van der Waals surface area contributed by atoms with Crippen molar-refractivity contribution in [1.82, 2.24) is 4.72 Å². The molecule has 7 N–H and O–H groups in total. The first kappa shape index (κ1) is 28.0. The molecule has 0 aliphatic carbocycles. The van der Waals surface area contributed by atoms with Crippen LogP contribution < -0.4 is 25.7 Å². The van der Waals surface area contributed by atoms with Crippen molar-refractivity contribution >= 4 is 39.0 Å². The summed E-state index contributed by atoms with van der Waals surface area (Å²) in [6, 6.07) is 7.58. The molecule has 0 saturated heterocycles. The Morgan fingerprint density at radius 3 is 2.31 bits per heavy atom. The molecule has 3 aromatic rings. The molecule has 1 unspecified atom stereocenters. The standard InChI is InChI=1S/C21H24FN4O7PS2/c1-12-15-9-17(32-6-4-23)18(33-7-5-24)10-19(15)35-21(12)36(30,31)26-20(34(27,28)29)13-2-3-14(11-25)16(22)8-13/h2-3,8-10,20,26H,4-7,23-24H2,1H3,(H2,27,28,29). The molecule has 0 fully saturated rings. The Morgan fingerprint density at radius 1 is 1.17 bits per heavy atom. The van der Waals surface area contributed by atoms with Gasteiger partial charge < -0.3 is 30.7 Å². The topological polar surface area (TPSA) is 198 Å². The quantitative estimate of drug-likeness (QED) is 0.217. The van der Waals surface area contributed by atoms with Crippen LogP contribution in [0.4, 0.5) is 4.39 Å². The van der Waals surface area contributed by atoms with Crippen LogP contribution in [0.1, 0.15) is 22.5 Å². The summed E-state index contributed by atoms with van der Waals surface area (Å²) < 4.78 is 66.4. The fourth-order valence-electron chi connectivity index (χ4n) is 3.35. The van der Waals surface area contributed by atoms with Crippen LogP contribution >= 0.6 is 18.9 Å². The fourth-order valence-corrected chi connectivity index (χ4v) is 7.72. The average molecular weight is 559 g/mol. The van der Waals surface area contributed by atoms with Crippen LogP contribution in [0.2, 0.25) is 0 Å². The lowest BCUT2D eigenvalue weighted by molar-refractivity contribution is 0.278. The third-order valence-corrected chi connectivity index (χ3v) is 9.56. The first-order valence-corrected chi connectivity index (χ1v) is 14.4. The number of nitrogens with one attached hydrogen (secondary N) is 1. The molecule has 11 nitrogen and oxygen atoms in total. The molecular formula is C21H24FN4O7PS2. The summed E-state index contributed by atoms with van der Waals surface area (Å²) in [4.78, 5) is 19.7. The van der Waals surface area contributed by atoms with E-state index in [1.165, 1.54) is 6.92 Å². The van der Waals surface area contributed by atoms with Crippen molar-refractivity contribution in [2.24, 2.45) is 11.5 Å². The number of aryl methyl sites for hydroxylation is 1. The van der Waals surface area contributed by atoms with Gasteiger partial charge in [-0.3, -0.25) is 4.57 Å². The van der Waals surface area contributed by atoms with Crippen LogP contribution in [0, 0.1) is 24.1 Å². The second-order valence-electron chi connectivity index (χ2n) is 7.55. The van der Waals surface area contributed by atoms with Gasteiger partial charge in [0.2, 0.25) is 0 Å². The maximum Gasteiger partial charge on any atom is 0.347 e. The van der Waals surface area contributed by atoms with Crippen molar-refractivity contribution in [2.75, 3.05) is 26.3 Å². The molecule has 2 aromatic carbocycles. The molecular weight excluding hydrogens is 534 g/mol. The van der Waals surface area contributed by atoms with Gasteiger partial charge in [0.25, 0.3) is 10.0 Å². The summed E-state index contributed by atoms with van der Waals surface area (Å²) in [7, 11) is -9.65. The maximum atomic E-state index is 14.1. The number of nitrogens with zero attached hydrogens (tertiary/aromatic N) is 1. The van der Waals surface area contributed by atoms with Gasteiger partial charge in [0.15, 0.2) is 11.5 Å². The Balaban J connectivity index is 2.07. The number of halogens is 1. The van der Waals surface area contributed by atoms with Gasteiger partial charge in [-0.15, -0.1) is 11.3 Å². The molecule has 0 radical (unpaired) electrons. The fraction of sp³-hybridized carbons (Fsp3) is 0.286. The highest BCUT2D eigenvalue weighted by molar-refractivity contribution is 7.92.